The molecule has 3 heterocycles. The number of hydrogen-bond acceptors (Lipinski definition) is 5. The third kappa shape index (κ3) is 5.82. The number of carbonyl (C=O) groups excluding carboxylic acids is 1. The zero-order valence-corrected chi connectivity index (χ0v) is 23.7. The number of anilines is 1. The highest BCUT2D eigenvalue weighted by molar-refractivity contribution is 6.08. The summed E-state index contributed by atoms with van der Waals surface area (Å²) in [5.41, 5.74) is 5.34. The number of likely N-dealkylation sites (tertiary alicyclic amines) is 2. The molecule has 2 fully saturated rings. The Morgan fingerprint density at radius 1 is 0.976 bits per heavy atom. The molecular weight excluding hydrogens is 506 g/mol. The van der Waals surface area contributed by atoms with Gasteiger partial charge in [0, 0.05) is 24.5 Å². The number of benzene rings is 3. The van der Waals surface area contributed by atoms with Crippen molar-refractivity contribution in [1.29, 1.82) is 5.26 Å². The summed E-state index contributed by atoms with van der Waals surface area (Å²) in [5, 5.41) is 13.7. The Labute approximate surface area is 242 Å². The summed E-state index contributed by atoms with van der Waals surface area (Å²) in [5.74, 6) is 0.810. The molecule has 0 bridgehead atoms. The van der Waals surface area contributed by atoms with Gasteiger partial charge in [0.05, 0.1) is 28.8 Å². The van der Waals surface area contributed by atoms with Crippen LogP contribution in [0.15, 0.2) is 78.9 Å². The SMILES string of the molecule is CC[C@H](Nc1cc(C(=O)N2CCC[C@H]2CN2CCCC2)c2cc(-c3ccc(C#N)cc3)ccc2n1)c1ccccc1. The summed E-state index contributed by atoms with van der Waals surface area (Å²) in [7, 11) is 0. The lowest BCUT2D eigenvalue weighted by Gasteiger charge is -2.29. The van der Waals surface area contributed by atoms with E-state index in [-0.39, 0.29) is 18.0 Å². The third-order valence-corrected chi connectivity index (χ3v) is 8.62. The zero-order valence-electron chi connectivity index (χ0n) is 23.7. The Hall–Kier alpha value is -4.21. The van der Waals surface area contributed by atoms with Gasteiger partial charge in [-0.15, -0.1) is 0 Å². The molecule has 6 heteroatoms. The second-order valence-corrected chi connectivity index (χ2v) is 11.3. The van der Waals surface area contributed by atoms with Gasteiger partial charge < -0.3 is 15.1 Å². The Morgan fingerprint density at radius 2 is 1.73 bits per heavy atom. The van der Waals surface area contributed by atoms with E-state index in [2.05, 4.69) is 64.5 Å². The zero-order chi connectivity index (χ0) is 28.2. The Balaban J connectivity index is 1.39. The molecule has 2 aliphatic heterocycles. The Morgan fingerprint density at radius 3 is 2.46 bits per heavy atom. The van der Waals surface area contributed by atoms with Crippen molar-refractivity contribution in [3.8, 4) is 17.2 Å². The first kappa shape index (κ1) is 27.0. The van der Waals surface area contributed by atoms with E-state index in [1.54, 1.807) is 0 Å². The predicted octanol–water partition coefficient (Wildman–Crippen LogP) is 7.04. The maximum absolute atomic E-state index is 14.4. The average Bonchev–Trinajstić information content (AvgIpc) is 3.72. The minimum atomic E-state index is 0.0897. The van der Waals surface area contributed by atoms with Crippen molar-refractivity contribution in [3.63, 3.8) is 0 Å². The van der Waals surface area contributed by atoms with Gasteiger partial charge in [-0.3, -0.25) is 4.79 Å². The van der Waals surface area contributed by atoms with E-state index in [0.717, 1.165) is 73.3 Å². The lowest BCUT2D eigenvalue weighted by Crippen LogP contribution is -2.42. The van der Waals surface area contributed by atoms with Gasteiger partial charge in [-0.25, -0.2) is 4.98 Å². The molecule has 2 aliphatic rings. The van der Waals surface area contributed by atoms with E-state index in [1.165, 1.54) is 18.4 Å². The van der Waals surface area contributed by atoms with Crippen LogP contribution in [0.25, 0.3) is 22.0 Å². The molecule has 3 aromatic carbocycles. The van der Waals surface area contributed by atoms with Crippen molar-refractivity contribution >= 4 is 22.6 Å². The normalized spacial score (nSPS) is 18.0. The predicted molar refractivity (Wildman–Crippen MR) is 165 cm³/mol. The van der Waals surface area contributed by atoms with Gasteiger partial charge in [0.25, 0.3) is 5.91 Å². The van der Waals surface area contributed by atoms with Crippen LogP contribution in [0.1, 0.15) is 66.6 Å². The summed E-state index contributed by atoms with van der Waals surface area (Å²) < 4.78 is 0. The van der Waals surface area contributed by atoms with Gasteiger partial charge >= 0.3 is 0 Å². The average molecular weight is 544 g/mol. The van der Waals surface area contributed by atoms with E-state index in [9.17, 15) is 10.1 Å². The highest BCUT2D eigenvalue weighted by Gasteiger charge is 2.32. The van der Waals surface area contributed by atoms with Gasteiger partial charge in [0.15, 0.2) is 0 Å². The lowest BCUT2D eigenvalue weighted by atomic mass is 9.99. The van der Waals surface area contributed by atoms with E-state index < -0.39 is 0 Å². The Bertz CT molecular complexity index is 1550. The summed E-state index contributed by atoms with van der Waals surface area (Å²) in [4.78, 5) is 24.0. The second-order valence-electron chi connectivity index (χ2n) is 11.3. The Kier molecular flexibility index (Phi) is 7.98. The van der Waals surface area contributed by atoms with Gasteiger partial charge in [0.2, 0.25) is 0 Å². The molecule has 6 nitrogen and oxygen atoms in total. The van der Waals surface area contributed by atoms with Crippen LogP contribution in [0, 0.1) is 11.3 Å². The smallest absolute Gasteiger partial charge is 0.254 e. The van der Waals surface area contributed by atoms with Gasteiger partial charge in [-0.1, -0.05) is 55.5 Å². The largest absolute Gasteiger partial charge is 0.363 e. The first-order valence-electron chi connectivity index (χ1n) is 14.9. The second kappa shape index (κ2) is 12.1. The molecule has 0 radical (unpaired) electrons. The summed E-state index contributed by atoms with van der Waals surface area (Å²) >= 11 is 0. The fourth-order valence-electron chi connectivity index (χ4n) is 6.39. The molecule has 0 aliphatic carbocycles. The quantitative estimate of drug-likeness (QED) is 0.258. The van der Waals surface area contributed by atoms with Gasteiger partial charge in [-0.2, -0.15) is 5.26 Å². The molecule has 0 spiro atoms. The highest BCUT2D eigenvalue weighted by Crippen LogP contribution is 2.32. The van der Waals surface area contributed by atoms with Crippen LogP contribution in [-0.2, 0) is 0 Å². The van der Waals surface area contributed by atoms with Crippen molar-refractivity contribution < 1.29 is 4.79 Å². The molecular formula is C35H37N5O. The van der Waals surface area contributed by atoms with Crippen LogP contribution in [0.2, 0.25) is 0 Å². The number of fused-ring (bicyclic) bond motifs is 1. The van der Waals surface area contributed by atoms with Crippen LogP contribution >= 0.6 is 0 Å². The van der Waals surface area contributed by atoms with Crippen molar-refractivity contribution in [3.05, 3.63) is 95.6 Å². The van der Waals surface area contributed by atoms with E-state index in [0.29, 0.717) is 11.1 Å². The monoisotopic (exact) mass is 543 g/mol. The van der Waals surface area contributed by atoms with E-state index in [4.69, 9.17) is 4.98 Å². The van der Waals surface area contributed by atoms with Crippen molar-refractivity contribution in [2.24, 2.45) is 0 Å². The van der Waals surface area contributed by atoms with Crippen molar-refractivity contribution in [2.75, 3.05) is 31.5 Å². The van der Waals surface area contributed by atoms with Crippen LogP contribution in [0.4, 0.5) is 5.82 Å². The van der Waals surface area contributed by atoms with Crippen LogP contribution in [0.3, 0.4) is 0 Å². The number of nitrogens with one attached hydrogen (secondary N) is 1. The van der Waals surface area contributed by atoms with Crippen LogP contribution in [-0.4, -0.2) is 52.9 Å². The number of carbonyl (C=O) groups is 1. The van der Waals surface area contributed by atoms with E-state index >= 15 is 0 Å². The minimum absolute atomic E-state index is 0.0897. The number of aromatic nitrogens is 1. The van der Waals surface area contributed by atoms with Crippen LogP contribution in [0.5, 0.6) is 0 Å². The van der Waals surface area contributed by atoms with Gasteiger partial charge in [-0.05, 0) is 92.2 Å². The first-order chi connectivity index (χ1) is 20.1. The standard InChI is InChI=1S/C35H37N5O/c1-2-32(27-9-4-3-5-10-27)37-34-22-31(35(41)40-20-8-11-29(40)24-39-18-6-7-19-39)30-21-28(16-17-33(30)38-34)26-14-12-25(23-36)13-15-26/h3-5,9-10,12-17,21-22,29,32H,2,6-8,11,18-20,24H2,1H3,(H,37,38)/t29-,32-/m0/s1. The molecule has 6 rings (SSSR count). The number of amides is 1. The molecule has 4 aromatic rings. The number of nitriles is 1. The van der Waals surface area contributed by atoms with Crippen molar-refractivity contribution in [1.82, 2.24) is 14.8 Å². The molecule has 2 saturated heterocycles. The number of pyridine rings is 1. The molecule has 1 amide bonds. The van der Waals surface area contributed by atoms with Crippen LogP contribution < -0.4 is 5.32 Å². The number of nitrogens with zero attached hydrogens (tertiary/aromatic N) is 4. The summed E-state index contributed by atoms with van der Waals surface area (Å²) in [6, 6.07) is 28.6. The maximum Gasteiger partial charge on any atom is 0.254 e. The number of rotatable bonds is 8. The third-order valence-electron chi connectivity index (χ3n) is 8.62. The topological polar surface area (TPSA) is 72.3 Å². The maximum atomic E-state index is 14.4. The molecule has 0 saturated carbocycles. The van der Waals surface area contributed by atoms with Crippen molar-refractivity contribution in [2.45, 2.75) is 51.1 Å². The summed E-state index contributed by atoms with van der Waals surface area (Å²) in [6.45, 7) is 6.19. The minimum Gasteiger partial charge on any atom is -0.363 e. The molecule has 1 N–H and O–H groups in total. The molecule has 208 valence electrons. The molecule has 1 aromatic heterocycles. The highest BCUT2D eigenvalue weighted by atomic mass is 16.2. The molecule has 0 unspecified atom stereocenters. The van der Waals surface area contributed by atoms with Gasteiger partial charge in [0.1, 0.15) is 5.82 Å². The van der Waals surface area contributed by atoms with E-state index in [1.807, 2.05) is 42.5 Å². The summed E-state index contributed by atoms with van der Waals surface area (Å²) in [6.07, 6.45) is 5.50. The fraction of sp³-hybridized carbons (Fsp3) is 0.343. The first-order valence-corrected chi connectivity index (χ1v) is 14.9. The molecule has 2 atom stereocenters. The molecule has 41 heavy (non-hydrogen) atoms. The lowest BCUT2D eigenvalue weighted by molar-refractivity contribution is 0.0710. The number of hydrogen-bond donors (Lipinski definition) is 1. The fourth-order valence-corrected chi connectivity index (χ4v) is 6.39.